The zero-order chi connectivity index (χ0) is 11.5. The van der Waals surface area contributed by atoms with Gasteiger partial charge in [0.15, 0.2) is 0 Å². The molecule has 15 heavy (non-hydrogen) atoms. The molecule has 1 atom stereocenters. The van der Waals surface area contributed by atoms with E-state index < -0.39 is 25.1 Å². The molecule has 1 fully saturated rings. The minimum absolute atomic E-state index is 0.394. The second-order valence-corrected chi connectivity index (χ2v) is 5.55. The maximum Gasteiger partial charge on any atom is 0.398 e. The van der Waals surface area contributed by atoms with Crippen molar-refractivity contribution in [2.24, 2.45) is 10.6 Å². The van der Waals surface area contributed by atoms with E-state index in [1.807, 2.05) is 0 Å². The number of carbonyl (C=O) groups is 1. The second kappa shape index (κ2) is 4.33. The zero-order valence-corrected chi connectivity index (χ0v) is 9.15. The minimum Gasteiger partial charge on any atom is -0.481 e. The highest BCUT2D eigenvalue weighted by molar-refractivity contribution is 7.52. The van der Waals surface area contributed by atoms with Crippen molar-refractivity contribution in [3.8, 4) is 0 Å². The summed E-state index contributed by atoms with van der Waals surface area (Å²) in [4.78, 5) is 20.4. The molecule has 1 rings (SSSR count). The van der Waals surface area contributed by atoms with Crippen molar-refractivity contribution < 1.29 is 24.0 Å². The Hall–Kier alpha value is -0.870. The van der Waals surface area contributed by atoms with Gasteiger partial charge in [0.25, 0.3) is 0 Å². The Bertz CT molecular complexity index is 310. The van der Waals surface area contributed by atoms with Gasteiger partial charge < -0.3 is 14.6 Å². The summed E-state index contributed by atoms with van der Waals surface area (Å²) < 4.78 is 15.6. The number of rotatable bonds is 5. The van der Waals surface area contributed by atoms with E-state index in [9.17, 15) is 14.3 Å². The van der Waals surface area contributed by atoms with Crippen LogP contribution in [0.25, 0.3) is 0 Å². The van der Waals surface area contributed by atoms with Crippen LogP contribution in [0.1, 0.15) is 25.7 Å². The molecule has 0 heterocycles. The first kappa shape index (κ1) is 12.2. The van der Waals surface area contributed by atoms with Gasteiger partial charge in [0.1, 0.15) is 0 Å². The normalized spacial score (nSPS) is 23.0. The first-order valence-corrected chi connectivity index (χ1v) is 6.38. The average molecular weight is 235 g/mol. The molecule has 1 aliphatic rings. The van der Waals surface area contributed by atoms with Gasteiger partial charge in [-0.1, -0.05) is 18.0 Å². The maximum absolute atomic E-state index is 11.4. The van der Waals surface area contributed by atoms with Gasteiger partial charge in [0.05, 0.1) is 11.6 Å². The van der Waals surface area contributed by atoms with Gasteiger partial charge >= 0.3 is 13.6 Å². The molecular formula is C8H14NO5P. The SMILES string of the molecule is C=NOP(=O)(O)CC1(C(=O)O)CCCC1. The smallest absolute Gasteiger partial charge is 0.398 e. The number of hydrogen-bond donors (Lipinski definition) is 2. The zero-order valence-electron chi connectivity index (χ0n) is 8.26. The highest BCUT2D eigenvalue weighted by Crippen LogP contribution is 2.53. The van der Waals surface area contributed by atoms with Crippen LogP contribution in [-0.2, 0) is 14.0 Å². The van der Waals surface area contributed by atoms with Crippen molar-refractivity contribution in [3.05, 3.63) is 0 Å². The lowest BCUT2D eigenvalue weighted by Gasteiger charge is -2.24. The predicted octanol–water partition coefficient (Wildman–Crippen LogP) is 1.45. The molecule has 1 unspecified atom stereocenters. The molecule has 0 radical (unpaired) electrons. The minimum atomic E-state index is -3.97. The van der Waals surface area contributed by atoms with Crippen LogP contribution in [0.4, 0.5) is 0 Å². The van der Waals surface area contributed by atoms with Crippen LogP contribution in [0, 0.1) is 5.41 Å². The van der Waals surface area contributed by atoms with Gasteiger partial charge in [-0.05, 0) is 12.8 Å². The highest BCUT2D eigenvalue weighted by atomic mass is 31.2. The monoisotopic (exact) mass is 235 g/mol. The largest absolute Gasteiger partial charge is 0.481 e. The summed E-state index contributed by atoms with van der Waals surface area (Å²) in [5.41, 5.74) is -1.13. The fourth-order valence-corrected chi connectivity index (χ4v) is 3.45. The average Bonchev–Trinajstić information content (AvgIpc) is 2.52. The molecule has 0 bridgehead atoms. The summed E-state index contributed by atoms with van der Waals surface area (Å²) in [6.07, 6.45) is 1.94. The lowest BCUT2D eigenvalue weighted by molar-refractivity contribution is -0.147. The number of carboxylic acid groups (broad SMARTS) is 1. The van der Waals surface area contributed by atoms with Gasteiger partial charge in [-0.15, -0.1) is 0 Å². The third kappa shape index (κ3) is 2.79. The lowest BCUT2D eigenvalue weighted by atomic mass is 9.89. The van der Waals surface area contributed by atoms with Gasteiger partial charge in [0.2, 0.25) is 0 Å². The molecular weight excluding hydrogens is 221 g/mol. The molecule has 1 aliphatic carbocycles. The van der Waals surface area contributed by atoms with Gasteiger partial charge in [-0.2, -0.15) is 0 Å². The van der Waals surface area contributed by atoms with Crippen LogP contribution in [0.2, 0.25) is 0 Å². The Morgan fingerprint density at radius 3 is 2.47 bits per heavy atom. The Morgan fingerprint density at radius 2 is 2.07 bits per heavy atom. The second-order valence-electron chi connectivity index (χ2n) is 3.80. The van der Waals surface area contributed by atoms with E-state index in [1.165, 1.54) is 0 Å². The van der Waals surface area contributed by atoms with Gasteiger partial charge in [-0.3, -0.25) is 4.79 Å². The molecule has 0 aromatic rings. The first-order valence-electron chi connectivity index (χ1n) is 4.62. The molecule has 6 nitrogen and oxygen atoms in total. The Balaban J connectivity index is 2.80. The van der Waals surface area contributed by atoms with Crippen LogP contribution in [0.5, 0.6) is 0 Å². The first-order chi connectivity index (χ1) is 6.92. The van der Waals surface area contributed by atoms with Crippen molar-refractivity contribution >= 4 is 20.3 Å². The van der Waals surface area contributed by atoms with Gasteiger partial charge in [-0.25, -0.2) is 4.57 Å². The van der Waals surface area contributed by atoms with Crippen molar-refractivity contribution in [2.45, 2.75) is 25.7 Å². The van der Waals surface area contributed by atoms with E-state index in [1.54, 1.807) is 0 Å². The number of hydrogen-bond acceptors (Lipinski definition) is 4. The van der Waals surface area contributed by atoms with E-state index in [-0.39, 0.29) is 0 Å². The maximum atomic E-state index is 11.4. The topological polar surface area (TPSA) is 96.2 Å². The van der Waals surface area contributed by atoms with Crippen molar-refractivity contribution in [3.63, 3.8) is 0 Å². The number of carboxylic acids is 1. The molecule has 2 N–H and O–H groups in total. The number of oxime groups is 1. The molecule has 0 aromatic heterocycles. The van der Waals surface area contributed by atoms with Gasteiger partial charge in [0, 0.05) is 6.72 Å². The Kier molecular flexibility index (Phi) is 3.52. The third-order valence-corrected chi connectivity index (χ3v) is 4.08. The fraction of sp³-hybridized carbons (Fsp3) is 0.750. The van der Waals surface area contributed by atoms with Crippen molar-refractivity contribution in [1.82, 2.24) is 0 Å². The van der Waals surface area contributed by atoms with Crippen molar-refractivity contribution in [2.75, 3.05) is 6.16 Å². The van der Waals surface area contributed by atoms with Crippen molar-refractivity contribution in [1.29, 1.82) is 0 Å². The standard InChI is InChI=1S/C8H14NO5P/c1-9-14-15(12,13)6-8(7(10)11)4-2-3-5-8/h1-6H2,(H,10,11)(H,12,13). The summed E-state index contributed by atoms with van der Waals surface area (Å²) >= 11 is 0. The van der Waals surface area contributed by atoms with E-state index in [0.717, 1.165) is 12.8 Å². The van der Waals surface area contributed by atoms with Crippen LogP contribution >= 0.6 is 7.60 Å². The molecule has 7 heteroatoms. The summed E-state index contributed by atoms with van der Waals surface area (Å²) in [5, 5.41) is 11.9. The number of nitrogens with zero attached hydrogens (tertiary/aromatic N) is 1. The molecule has 0 aromatic carbocycles. The quantitative estimate of drug-likeness (QED) is 0.427. The van der Waals surface area contributed by atoms with Crippen LogP contribution in [-0.4, -0.2) is 28.8 Å². The lowest BCUT2D eigenvalue weighted by Crippen LogP contribution is -2.31. The Labute approximate surface area is 87.5 Å². The summed E-state index contributed by atoms with van der Waals surface area (Å²) in [6, 6.07) is 0. The third-order valence-electron chi connectivity index (χ3n) is 2.70. The summed E-state index contributed by atoms with van der Waals surface area (Å²) in [5.74, 6) is -1.04. The molecule has 1 saturated carbocycles. The summed E-state index contributed by atoms with van der Waals surface area (Å²) in [6.45, 7) is 2.94. The van der Waals surface area contributed by atoms with Crippen LogP contribution in [0.15, 0.2) is 5.16 Å². The number of aliphatic carboxylic acids is 1. The van der Waals surface area contributed by atoms with E-state index in [0.29, 0.717) is 12.8 Å². The molecule has 0 spiro atoms. The van der Waals surface area contributed by atoms with Crippen LogP contribution in [0.3, 0.4) is 0 Å². The molecule has 0 saturated heterocycles. The fourth-order valence-electron chi connectivity index (χ4n) is 1.99. The summed E-state index contributed by atoms with van der Waals surface area (Å²) in [7, 11) is -3.97. The molecule has 86 valence electrons. The van der Waals surface area contributed by atoms with E-state index in [4.69, 9.17) is 5.11 Å². The van der Waals surface area contributed by atoms with Crippen LogP contribution < -0.4 is 0 Å². The van der Waals surface area contributed by atoms with E-state index in [2.05, 4.69) is 16.5 Å². The molecule has 0 aliphatic heterocycles. The van der Waals surface area contributed by atoms with E-state index >= 15 is 0 Å². The predicted molar refractivity (Wildman–Crippen MR) is 53.9 cm³/mol. The highest BCUT2D eigenvalue weighted by Gasteiger charge is 2.47. The Morgan fingerprint density at radius 1 is 1.53 bits per heavy atom. The molecule has 0 amide bonds.